The minimum atomic E-state index is -0.789. The molecule has 5 rings (SSSR count). The largest absolute Gasteiger partial charge is 0.454 e. The van der Waals surface area contributed by atoms with Crippen LogP contribution in [0, 0.1) is 33.8 Å². The lowest BCUT2D eigenvalue weighted by Crippen LogP contribution is -2.37. The number of alkyl halides is 2. The van der Waals surface area contributed by atoms with Gasteiger partial charge in [-0.3, -0.25) is 29.4 Å². The third kappa shape index (κ3) is 3.90. The average Bonchev–Trinajstić information content (AvgIpc) is 3.47. The third-order valence-electron chi connectivity index (χ3n) is 7.06. The number of amides is 2. The summed E-state index contributed by atoms with van der Waals surface area (Å²) in [6.45, 7) is -0.560. The molecular weight excluding hydrogens is 588 g/mol. The number of fused-ring (bicyclic) bond motifs is 5. The van der Waals surface area contributed by atoms with Crippen LogP contribution in [0.5, 0.6) is 0 Å². The smallest absolute Gasteiger partial charge is 0.338 e. The second-order valence-electron chi connectivity index (χ2n) is 8.87. The number of hydrogen-bond acceptors (Lipinski definition) is 7. The van der Waals surface area contributed by atoms with E-state index in [1.54, 1.807) is 12.1 Å². The molecule has 2 bridgehead atoms. The van der Waals surface area contributed by atoms with Crippen LogP contribution in [0.3, 0.4) is 0 Å². The van der Waals surface area contributed by atoms with Crippen molar-refractivity contribution >= 4 is 66.8 Å². The van der Waals surface area contributed by atoms with Gasteiger partial charge in [0.05, 0.1) is 28.0 Å². The van der Waals surface area contributed by atoms with E-state index in [0.29, 0.717) is 5.69 Å². The van der Waals surface area contributed by atoms with Crippen LogP contribution in [-0.4, -0.2) is 44.8 Å². The van der Waals surface area contributed by atoms with Gasteiger partial charge < -0.3 is 4.74 Å². The van der Waals surface area contributed by atoms with Crippen LogP contribution in [-0.2, 0) is 14.3 Å². The minimum Gasteiger partial charge on any atom is -0.454 e. The topological polar surface area (TPSA) is 124 Å². The highest BCUT2D eigenvalue weighted by molar-refractivity contribution is 9.12. The number of non-ortho nitro benzene ring substituents is 1. The molecule has 0 unspecified atom stereocenters. The molecule has 35 heavy (non-hydrogen) atoms. The molecule has 0 N–H and O–H groups in total. The van der Waals surface area contributed by atoms with Gasteiger partial charge in [0.2, 0.25) is 11.8 Å². The van der Waals surface area contributed by atoms with E-state index < -0.39 is 23.3 Å². The summed E-state index contributed by atoms with van der Waals surface area (Å²) < 4.78 is 5.12. The summed E-state index contributed by atoms with van der Waals surface area (Å²) in [5, 5.41) is 10.7. The van der Waals surface area contributed by atoms with Gasteiger partial charge in [-0.15, -0.1) is 0 Å². The Balaban J connectivity index is 1.28. The summed E-state index contributed by atoms with van der Waals surface area (Å²) >= 11 is 7.32. The number of imide groups is 1. The predicted molar refractivity (Wildman–Crippen MR) is 131 cm³/mol. The Morgan fingerprint density at radius 1 is 0.971 bits per heavy atom. The molecule has 2 aromatic carbocycles. The number of nitrogens with zero attached hydrogens (tertiary/aromatic N) is 2. The number of hydrogen-bond donors (Lipinski definition) is 0. The molecule has 1 aliphatic heterocycles. The summed E-state index contributed by atoms with van der Waals surface area (Å²) in [5.74, 6) is -2.41. The van der Waals surface area contributed by atoms with E-state index in [-0.39, 0.29) is 62.0 Å². The Morgan fingerprint density at radius 2 is 1.57 bits per heavy atom. The summed E-state index contributed by atoms with van der Waals surface area (Å²) in [5.41, 5.74) is 0.400. The van der Waals surface area contributed by atoms with Crippen LogP contribution < -0.4 is 4.90 Å². The number of benzene rings is 2. The maximum atomic E-state index is 13.2. The SMILES string of the molecule is O=C(COC(=O)c1cccc(N2C(=O)[C@@H]3[C@H]4C[C@@H]([C@H](Br)[C@H]4Br)[C@H]3C2=O)c1)c1ccc([N+](=O)[O-])cc1. The zero-order valence-electron chi connectivity index (χ0n) is 18.0. The van der Waals surface area contributed by atoms with Crippen molar-refractivity contribution in [3.05, 3.63) is 69.8 Å². The zero-order valence-corrected chi connectivity index (χ0v) is 21.2. The first-order chi connectivity index (χ1) is 16.7. The van der Waals surface area contributed by atoms with Gasteiger partial charge in [-0.25, -0.2) is 4.79 Å². The fraction of sp³-hybridized carbons (Fsp3) is 0.333. The van der Waals surface area contributed by atoms with Crippen LogP contribution >= 0.6 is 31.9 Å². The number of esters is 1. The molecule has 1 heterocycles. The molecule has 3 fully saturated rings. The number of halogens is 2. The van der Waals surface area contributed by atoms with E-state index in [4.69, 9.17) is 4.74 Å². The molecule has 3 aliphatic rings. The molecule has 6 atom stereocenters. The van der Waals surface area contributed by atoms with Crippen molar-refractivity contribution in [2.75, 3.05) is 11.5 Å². The van der Waals surface area contributed by atoms with E-state index in [9.17, 15) is 29.3 Å². The Labute approximate surface area is 216 Å². The standard InChI is InChI=1S/C24H18Br2N2O7/c25-20-15-9-16(21(20)26)19-18(15)22(30)27(23(19)31)14-3-1-2-12(8-14)24(32)35-10-17(29)11-4-6-13(7-5-11)28(33)34/h1-8,15-16,18-21H,9-10H2/t15-,16-,18-,19-,20+,21+/m1/s1. The van der Waals surface area contributed by atoms with Gasteiger partial charge in [-0.2, -0.15) is 0 Å². The first-order valence-electron chi connectivity index (χ1n) is 10.9. The highest BCUT2D eigenvalue weighted by Crippen LogP contribution is 2.60. The van der Waals surface area contributed by atoms with Crippen LogP contribution in [0.2, 0.25) is 0 Å². The molecule has 2 aromatic rings. The summed E-state index contributed by atoms with van der Waals surface area (Å²) in [7, 11) is 0. The molecule has 0 spiro atoms. The molecule has 11 heteroatoms. The highest BCUT2D eigenvalue weighted by Gasteiger charge is 2.66. The second kappa shape index (κ2) is 8.94. The van der Waals surface area contributed by atoms with E-state index in [1.807, 2.05) is 0 Å². The highest BCUT2D eigenvalue weighted by atomic mass is 79.9. The van der Waals surface area contributed by atoms with Crippen LogP contribution in [0.25, 0.3) is 0 Å². The fourth-order valence-electron chi connectivity index (χ4n) is 5.44. The molecule has 2 aliphatic carbocycles. The normalized spacial score (nSPS) is 28.8. The Bertz CT molecular complexity index is 1230. The summed E-state index contributed by atoms with van der Waals surface area (Å²) in [6.07, 6.45) is 0.821. The molecule has 1 saturated heterocycles. The lowest BCUT2D eigenvalue weighted by molar-refractivity contribution is -0.384. The number of carbonyl (C=O) groups is 4. The number of ketones is 1. The van der Waals surface area contributed by atoms with Gasteiger partial charge in [-0.05, 0) is 48.6 Å². The predicted octanol–water partition coefficient (Wildman–Crippen LogP) is 3.92. The van der Waals surface area contributed by atoms with Crippen LogP contribution in [0.15, 0.2) is 48.5 Å². The van der Waals surface area contributed by atoms with Crippen LogP contribution in [0.4, 0.5) is 11.4 Å². The molecule has 0 radical (unpaired) electrons. The number of carbonyl (C=O) groups excluding carboxylic acids is 4. The maximum absolute atomic E-state index is 13.2. The van der Waals surface area contributed by atoms with E-state index in [2.05, 4.69) is 31.9 Å². The Morgan fingerprint density at radius 3 is 2.14 bits per heavy atom. The van der Waals surface area contributed by atoms with E-state index in [1.165, 1.54) is 36.4 Å². The molecule has 2 saturated carbocycles. The Kier molecular flexibility index (Phi) is 6.08. The number of rotatable bonds is 6. The average molecular weight is 606 g/mol. The molecule has 9 nitrogen and oxygen atoms in total. The van der Waals surface area contributed by atoms with Gasteiger partial charge in [0.25, 0.3) is 5.69 Å². The van der Waals surface area contributed by atoms with Crippen molar-refractivity contribution in [1.29, 1.82) is 0 Å². The van der Waals surface area contributed by atoms with Crippen molar-refractivity contribution in [1.82, 2.24) is 0 Å². The first-order valence-corrected chi connectivity index (χ1v) is 12.7. The van der Waals surface area contributed by atoms with Gasteiger partial charge >= 0.3 is 5.97 Å². The number of nitro benzene ring substituents is 1. The number of Topliss-reactive ketones (excluding diaryl/α,β-unsaturated/α-hetero) is 1. The molecule has 180 valence electrons. The maximum Gasteiger partial charge on any atom is 0.338 e. The molecule has 2 amide bonds. The fourth-order valence-corrected chi connectivity index (χ4v) is 7.32. The van der Waals surface area contributed by atoms with Crippen molar-refractivity contribution < 1.29 is 28.8 Å². The van der Waals surface area contributed by atoms with Gasteiger partial charge in [0, 0.05) is 27.4 Å². The summed E-state index contributed by atoms with van der Waals surface area (Å²) in [6, 6.07) is 11.0. The first kappa shape index (κ1) is 23.8. The second-order valence-corrected chi connectivity index (χ2v) is 11.0. The molecule has 0 aromatic heterocycles. The molecular formula is C24H18Br2N2O7. The third-order valence-corrected chi connectivity index (χ3v) is 10.3. The number of nitro groups is 1. The number of ether oxygens (including phenoxy) is 1. The minimum absolute atomic E-state index is 0.0782. The lowest BCUT2D eigenvalue weighted by atomic mass is 9.81. The van der Waals surface area contributed by atoms with Crippen molar-refractivity contribution in [2.24, 2.45) is 23.7 Å². The van der Waals surface area contributed by atoms with Gasteiger partial charge in [0.15, 0.2) is 12.4 Å². The summed E-state index contributed by atoms with van der Waals surface area (Å²) in [4.78, 5) is 62.9. The quantitative estimate of drug-likeness (QED) is 0.122. The van der Waals surface area contributed by atoms with E-state index in [0.717, 1.165) is 11.3 Å². The van der Waals surface area contributed by atoms with Crippen molar-refractivity contribution in [2.45, 2.75) is 16.1 Å². The Hall–Kier alpha value is -2.92. The van der Waals surface area contributed by atoms with Crippen LogP contribution in [0.1, 0.15) is 27.1 Å². The lowest BCUT2D eigenvalue weighted by Gasteiger charge is -2.28. The number of anilines is 1. The van der Waals surface area contributed by atoms with E-state index >= 15 is 0 Å². The van der Waals surface area contributed by atoms with Crippen molar-refractivity contribution in [3.8, 4) is 0 Å². The van der Waals surface area contributed by atoms with Gasteiger partial charge in [-0.1, -0.05) is 37.9 Å². The van der Waals surface area contributed by atoms with Gasteiger partial charge in [0.1, 0.15) is 0 Å². The zero-order chi connectivity index (χ0) is 25.0. The monoisotopic (exact) mass is 604 g/mol. The van der Waals surface area contributed by atoms with Crippen molar-refractivity contribution in [3.63, 3.8) is 0 Å².